The first-order valence-electron chi connectivity index (χ1n) is 10.2. The largest absolute Gasteiger partial charge is 0.467 e. The Hall–Kier alpha value is -1.69. The van der Waals surface area contributed by atoms with Crippen molar-refractivity contribution in [2.45, 2.75) is 63.9 Å². The lowest BCUT2D eigenvalue weighted by molar-refractivity contribution is -0.133. The lowest BCUT2D eigenvalue weighted by Crippen LogP contribution is -2.41. The molecule has 146 valence electrons. The van der Waals surface area contributed by atoms with Crippen LogP contribution in [0.1, 0.15) is 57.8 Å². The Labute approximate surface area is 163 Å². The normalized spacial score (nSPS) is 19.5. The van der Waals surface area contributed by atoms with Gasteiger partial charge in [0.1, 0.15) is 11.9 Å². The van der Waals surface area contributed by atoms with Crippen LogP contribution < -0.4 is 4.74 Å². The van der Waals surface area contributed by atoms with E-state index in [1.54, 1.807) is 6.07 Å². The van der Waals surface area contributed by atoms with Crippen LogP contribution >= 0.6 is 11.3 Å². The fourth-order valence-corrected chi connectivity index (χ4v) is 5.16. The van der Waals surface area contributed by atoms with E-state index in [-0.39, 0.29) is 11.9 Å². The van der Waals surface area contributed by atoms with Gasteiger partial charge in [-0.3, -0.25) is 4.79 Å². The van der Waals surface area contributed by atoms with Crippen LogP contribution in [0.3, 0.4) is 0 Å². The van der Waals surface area contributed by atoms with Crippen LogP contribution in [0.2, 0.25) is 0 Å². The van der Waals surface area contributed by atoms with Crippen molar-refractivity contribution in [2.24, 2.45) is 5.92 Å². The molecule has 0 radical (unpaired) electrons. The van der Waals surface area contributed by atoms with Gasteiger partial charge in [-0.15, -0.1) is 0 Å². The zero-order valence-electron chi connectivity index (χ0n) is 15.7. The van der Waals surface area contributed by atoms with Crippen molar-refractivity contribution in [3.05, 3.63) is 24.0 Å². The molecular formula is C21H27FN2O2S. The number of amides is 1. The van der Waals surface area contributed by atoms with Gasteiger partial charge in [-0.25, -0.2) is 9.37 Å². The molecule has 2 heterocycles. The maximum absolute atomic E-state index is 13.3. The Kier molecular flexibility index (Phi) is 5.91. The highest BCUT2D eigenvalue weighted by Gasteiger charge is 2.25. The summed E-state index contributed by atoms with van der Waals surface area (Å²) < 4.78 is 20.1. The molecular weight excluding hydrogens is 363 g/mol. The molecule has 2 aliphatic rings. The summed E-state index contributed by atoms with van der Waals surface area (Å²) in [5, 5.41) is 0.595. The van der Waals surface area contributed by atoms with Crippen molar-refractivity contribution in [1.82, 2.24) is 9.88 Å². The Morgan fingerprint density at radius 1 is 1.19 bits per heavy atom. The zero-order valence-corrected chi connectivity index (χ0v) is 16.5. The molecule has 6 heteroatoms. The summed E-state index contributed by atoms with van der Waals surface area (Å²) in [6.45, 7) is 1.52. The lowest BCUT2D eigenvalue weighted by atomic mass is 9.86. The minimum Gasteiger partial charge on any atom is -0.467 e. The zero-order chi connectivity index (χ0) is 18.6. The van der Waals surface area contributed by atoms with Crippen LogP contribution in [-0.2, 0) is 4.79 Å². The highest BCUT2D eigenvalue weighted by Crippen LogP contribution is 2.31. The Balaban J connectivity index is 1.23. The molecule has 1 saturated heterocycles. The van der Waals surface area contributed by atoms with Gasteiger partial charge in [-0.2, -0.15) is 0 Å². The van der Waals surface area contributed by atoms with Gasteiger partial charge in [0.2, 0.25) is 5.91 Å². The van der Waals surface area contributed by atoms with Crippen LogP contribution in [0.15, 0.2) is 18.2 Å². The van der Waals surface area contributed by atoms with Crippen molar-refractivity contribution in [1.29, 1.82) is 0 Å². The van der Waals surface area contributed by atoms with E-state index in [0.29, 0.717) is 17.5 Å². The first-order valence-corrected chi connectivity index (χ1v) is 11.0. The average Bonchev–Trinajstić information content (AvgIpc) is 3.09. The number of rotatable bonds is 5. The highest BCUT2D eigenvalue weighted by molar-refractivity contribution is 7.20. The second kappa shape index (κ2) is 8.55. The van der Waals surface area contributed by atoms with Crippen LogP contribution in [0.4, 0.5) is 4.39 Å². The number of likely N-dealkylation sites (tertiary alicyclic amines) is 1. The third-order valence-electron chi connectivity index (χ3n) is 5.88. The number of hydrogen-bond acceptors (Lipinski definition) is 4. The summed E-state index contributed by atoms with van der Waals surface area (Å²) in [6.07, 6.45) is 10.1. The number of hydrogen-bond donors (Lipinski definition) is 0. The van der Waals surface area contributed by atoms with E-state index < -0.39 is 0 Å². The predicted octanol–water partition coefficient (Wildman–Crippen LogP) is 5.17. The molecule has 0 unspecified atom stereocenters. The molecule has 0 atom stereocenters. The summed E-state index contributed by atoms with van der Waals surface area (Å²) in [7, 11) is 0. The molecule has 4 nitrogen and oxygen atoms in total. The van der Waals surface area contributed by atoms with Gasteiger partial charge < -0.3 is 9.64 Å². The Bertz CT molecular complexity index is 780. The monoisotopic (exact) mass is 390 g/mol. The summed E-state index contributed by atoms with van der Waals surface area (Å²) >= 11 is 1.38. The number of piperidine rings is 1. The average molecular weight is 391 g/mol. The van der Waals surface area contributed by atoms with Gasteiger partial charge in [-0.05, 0) is 30.5 Å². The van der Waals surface area contributed by atoms with Gasteiger partial charge in [0.25, 0.3) is 5.19 Å². The minimum absolute atomic E-state index is 0.0813. The predicted molar refractivity (Wildman–Crippen MR) is 106 cm³/mol. The summed E-state index contributed by atoms with van der Waals surface area (Å²) in [6, 6.07) is 4.60. The second-order valence-corrected chi connectivity index (χ2v) is 8.83. The lowest BCUT2D eigenvalue weighted by Gasteiger charge is -2.32. The van der Waals surface area contributed by atoms with Crippen LogP contribution in [-0.4, -0.2) is 35.0 Å². The van der Waals surface area contributed by atoms with Crippen molar-refractivity contribution < 1.29 is 13.9 Å². The molecule has 0 bridgehead atoms. The standard InChI is InChI=1S/C21H27FN2O2S/c22-16-7-8-18-19(14-16)27-21(23-18)26-17-10-12-24(13-11-17)20(25)9-6-15-4-2-1-3-5-15/h7-8,14-15,17H,1-6,9-13H2. The van der Waals surface area contributed by atoms with E-state index in [9.17, 15) is 9.18 Å². The molecule has 1 amide bonds. The number of aromatic nitrogens is 1. The third kappa shape index (κ3) is 4.78. The molecule has 4 rings (SSSR count). The fraction of sp³-hybridized carbons (Fsp3) is 0.619. The van der Waals surface area contributed by atoms with Gasteiger partial charge in [0, 0.05) is 32.4 Å². The second-order valence-electron chi connectivity index (χ2n) is 7.83. The third-order valence-corrected chi connectivity index (χ3v) is 6.79. The molecule has 1 aliphatic heterocycles. The number of benzene rings is 1. The topological polar surface area (TPSA) is 42.4 Å². The Morgan fingerprint density at radius 3 is 2.74 bits per heavy atom. The number of halogens is 1. The molecule has 1 aromatic heterocycles. The summed E-state index contributed by atoms with van der Waals surface area (Å²) in [5.41, 5.74) is 0.770. The number of nitrogens with zero attached hydrogens (tertiary/aromatic N) is 2. The SMILES string of the molecule is O=C(CCC1CCCCC1)N1CCC(Oc2nc3ccc(F)cc3s2)CC1. The quantitative estimate of drug-likeness (QED) is 0.708. The molecule has 27 heavy (non-hydrogen) atoms. The van der Waals surface area contributed by atoms with Crippen LogP contribution in [0.5, 0.6) is 5.19 Å². The maximum Gasteiger partial charge on any atom is 0.274 e. The van der Waals surface area contributed by atoms with Crippen molar-refractivity contribution in [3.8, 4) is 5.19 Å². The molecule has 2 fully saturated rings. The van der Waals surface area contributed by atoms with E-state index in [1.807, 2.05) is 4.90 Å². The fourth-order valence-electron chi connectivity index (χ4n) is 4.25. The number of carbonyl (C=O) groups is 1. The van der Waals surface area contributed by atoms with Crippen LogP contribution in [0.25, 0.3) is 10.2 Å². The first kappa shape index (κ1) is 18.7. The summed E-state index contributed by atoms with van der Waals surface area (Å²) in [4.78, 5) is 18.9. The molecule has 1 aromatic carbocycles. The van der Waals surface area contributed by atoms with Gasteiger partial charge in [0.05, 0.1) is 10.2 Å². The highest BCUT2D eigenvalue weighted by atomic mass is 32.1. The first-order chi connectivity index (χ1) is 13.2. The molecule has 2 aromatic rings. The van der Waals surface area contributed by atoms with E-state index in [0.717, 1.165) is 48.5 Å². The molecule has 0 spiro atoms. The summed E-state index contributed by atoms with van der Waals surface area (Å²) in [5.74, 6) is 0.805. The molecule has 0 N–H and O–H groups in total. The van der Waals surface area contributed by atoms with Crippen molar-refractivity contribution in [2.75, 3.05) is 13.1 Å². The van der Waals surface area contributed by atoms with Gasteiger partial charge in [0.15, 0.2) is 0 Å². The van der Waals surface area contributed by atoms with Crippen molar-refractivity contribution in [3.63, 3.8) is 0 Å². The number of carbonyl (C=O) groups excluding carboxylic acids is 1. The van der Waals surface area contributed by atoms with Gasteiger partial charge in [-0.1, -0.05) is 43.4 Å². The Morgan fingerprint density at radius 2 is 1.96 bits per heavy atom. The number of thiazole rings is 1. The minimum atomic E-state index is -0.252. The van der Waals surface area contributed by atoms with Crippen LogP contribution in [0, 0.1) is 11.7 Å². The van der Waals surface area contributed by atoms with Crippen molar-refractivity contribution >= 4 is 27.5 Å². The maximum atomic E-state index is 13.3. The van der Waals surface area contributed by atoms with E-state index >= 15 is 0 Å². The number of fused-ring (bicyclic) bond motifs is 1. The van der Waals surface area contributed by atoms with Gasteiger partial charge >= 0.3 is 0 Å². The smallest absolute Gasteiger partial charge is 0.274 e. The molecule has 1 aliphatic carbocycles. The van der Waals surface area contributed by atoms with E-state index in [2.05, 4.69) is 4.98 Å². The number of ether oxygens (including phenoxy) is 1. The van der Waals surface area contributed by atoms with E-state index in [4.69, 9.17) is 4.74 Å². The van der Waals surface area contributed by atoms with E-state index in [1.165, 1.54) is 55.6 Å². The molecule has 1 saturated carbocycles.